The average molecular weight is 313 g/mol. The fraction of sp³-hybridized carbons (Fsp3) is 0.667. The van der Waals surface area contributed by atoms with Crippen LogP contribution in [0.5, 0.6) is 0 Å². The van der Waals surface area contributed by atoms with Crippen LogP contribution >= 0.6 is 0 Å². The molecule has 0 radical (unpaired) electrons. The normalized spacial score (nSPS) is 12.1. The Labute approximate surface area is 128 Å². The van der Waals surface area contributed by atoms with Crippen LogP contribution in [-0.2, 0) is 10.0 Å². The van der Waals surface area contributed by atoms with Gasteiger partial charge in [-0.05, 0) is 18.9 Å². The number of anilines is 1. The van der Waals surface area contributed by atoms with Crippen molar-refractivity contribution < 1.29 is 8.42 Å². The molecule has 5 nitrogen and oxygen atoms in total. The molecule has 1 heterocycles. The number of aromatic nitrogens is 1. The van der Waals surface area contributed by atoms with E-state index in [0.29, 0.717) is 31.2 Å². The smallest absolute Gasteiger partial charge is 0.246 e. The second kappa shape index (κ2) is 8.34. The fourth-order valence-corrected chi connectivity index (χ4v) is 3.93. The summed E-state index contributed by atoms with van der Waals surface area (Å²) in [5, 5.41) is 3.10. The van der Waals surface area contributed by atoms with Crippen LogP contribution in [0.4, 0.5) is 5.69 Å². The largest absolute Gasteiger partial charge is 0.384 e. The number of sulfonamides is 1. The number of rotatable bonds is 9. The van der Waals surface area contributed by atoms with Gasteiger partial charge in [0.2, 0.25) is 10.0 Å². The molecule has 0 bridgehead atoms. The van der Waals surface area contributed by atoms with Gasteiger partial charge in [0.15, 0.2) is 0 Å². The van der Waals surface area contributed by atoms with Gasteiger partial charge < -0.3 is 5.32 Å². The van der Waals surface area contributed by atoms with Gasteiger partial charge in [0.1, 0.15) is 4.90 Å². The van der Waals surface area contributed by atoms with E-state index in [1.54, 1.807) is 16.6 Å². The minimum atomic E-state index is -3.51. The van der Waals surface area contributed by atoms with Crippen molar-refractivity contribution in [3.05, 3.63) is 18.5 Å². The first-order chi connectivity index (χ1) is 10.0. The molecule has 0 unspecified atom stereocenters. The summed E-state index contributed by atoms with van der Waals surface area (Å²) in [5.41, 5.74) is 0.621. The molecule has 21 heavy (non-hydrogen) atoms. The van der Waals surface area contributed by atoms with Crippen molar-refractivity contribution in [1.82, 2.24) is 9.29 Å². The molecule has 0 amide bonds. The molecule has 0 fully saturated rings. The fourth-order valence-electron chi connectivity index (χ4n) is 2.29. The maximum absolute atomic E-state index is 12.9. The average Bonchev–Trinajstić information content (AvgIpc) is 2.49. The zero-order valence-electron chi connectivity index (χ0n) is 13.5. The van der Waals surface area contributed by atoms with E-state index in [0.717, 1.165) is 12.8 Å². The molecule has 0 aliphatic carbocycles. The second-order valence-electron chi connectivity index (χ2n) is 5.04. The molecule has 0 aliphatic rings. The van der Waals surface area contributed by atoms with Crippen LogP contribution in [0.15, 0.2) is 23.4 Å². The van der Waals surface area contributed by atoms with E-state index in [2.05, 4.69) is 24.1 Å². The highest BCUT2D eigenvalue weighted by molar-refractivity contribution is 7.89. The van der Waals surface area contributed by atoms with Gasteiger partial charge in [-0.1, -0.05) is 33.6 Å². The summed E-state index contributed by atoms with van der Waals surface area (Å²) in [7, 11) is -3.51. The molecule has 6 heteroatoms. The van der Waals surface area contributed by atoms with E-state index >= 15 is 0 Å². The van der Waals surface area contributed by atoms with Crippen LogP contribution in [0.2, 0.25) is 0 Å². The summed E-state index contributed by atoms with van der Waals surface area (Å²) in [6, 6.07) is 1.71. The molecule has 0 aliphatic heterocycles. The van der Waals surface area contributed by atoms with E-state index in [1.807, 2.05) is 13.8 Å². The lowest BCUT2D eigenvalue weighted by Crippen LogP contribution is -2.35. The first kappa shape index (κ1) is 17.9. The number of nitrogens with zero attached hydrogens (tertiary/aromatic N) is 2. The SMILES string of the molecule is CCNc1ccncc1S(=O)(=O)N(CC)CC(CC)CC. The van der Waals surface area contributed by atoms with Crippen molar-refractivity contribution in [2.45, 2.75) is 45.4 Å². The lowest BCUT2D eigenvalue weighted by Gasteiger charge is -2.25. The second-order valence-corrected chi connectivity index (χ2v) is 6.95. The zero-order valence-corrected chi connectivity index (χ0v) is 14.3. The lowest BCUT2D eigenvalue weighted by atomic mass is 10.0. The Balaban J connectivity index is 3.12. The third-order valence-electron chi connectivity index (χ3n) is 3.74. The third-order valence-corrected chi connectivity index (χ3v) is 5.71. The Morgan fingerprint density at radius 3 is 2.43 bits per heavy atom. The molecule has 1 aromatic rings. The topological polar surface area (TPSA) is 62.3 Å². The summed E-state index contributed by atoms with van der Waals surface area (Å²) in [5.74, 6) is 0.388. The molecular weight excluding hydrogens is 286 g/mol. The lowest BCUT2D eigenvalue weighted by molar-refractivity contribution is 0.339. The standard InChI is InChI=1S/C15H27N3O2S/c1-5-13(6-2)12-18(8-4)21(19,20)15-11-16-10-9-14(15)17-7-3/h9-11,13H,5-8,12H2,1-4H3,(H,16,17). The Bertz CT molecular complexity index is 527. The monoisotopic (exact) mass is 313 g/mol. The van der Waals surface area contributed by atoms with Crippen molar-refractivity contribution in [2.75, 3.05) is 25.0 Å². The van der Waals surface area contributed by atoms with Crippen molar-refractivity contribution in [2.24, 2.45) is 5.92 Å². The van der Waals surface area contributed by atoms with Crippen LogP contribution in [0.25, 0.3) is 0 Å². The third kappa shape index (κ3) is 4.41. The van der Waals surface area contributed by atoms with Gasteiger partial charge in [0.05, 0.1) is 5.69 Å². The highest BCUT2D eigenvalue weighted by Crippen LogP contribution is 2.25. The molecule has 0 saturated carbocycles. The van der Waals surface area contributed by atoms with E-state index in [9.17, 15) is 8.42 Å². The van der Waals surface area contributed by atoms with Gasteiger partial charge in [-0.2, -0.15) is 4.31 Å². The van der Waals surface area contributed by atoms with Gasteiger partial charge in [-0.3, -0.25) is 4.98 Å². The first-order valence-corrected chi connectivity index (χ1v) is 9.13. The highest BCUT2D eigenvalue weighted by Gasteiger charge is 2.27. The molecule has 1 rings (SSSR count). The maximum atomic E-state index is 12.9. The summed E-state index contributed by atoms with van der Waals surface area (Å²) in [6.45, 7) is 9.73. The van der Waals surface area contributed by atoms with Crippen LogP contribution in [0, 0.1) is 5.92 Å². The van der Waals surface area contributed by atoms with Crippen molar-refractivity contribution in [3.63, 3.8) is 0 Å². The minimum Gasteiger partial charge on any atom is -0.384 e. The molecular formula is C15H27N3O2S. The predicted octanol–water partition coefficient (Wildman–Crippen LogP) is 2.96. The van der Waals surface area contributed by atoms with Gasteiger partial charge in [0, 0.05) is 32.0 Å². The van der Waals surface area contributed by atoms with Crippen LogP contribution in [0.1, 0.15) is 40.5 Å². The van der Waals surface area contributed by atoms with E-state index < -0.39 is 10.0 Å². The molecule has 0 aromatic carbocycles. The van der Waals surface area contributed by atoms with E-state index in [-0.39, 0.29) is 4.90 Å². The molecule has 0 atom stereocenters. The van der Waals surface area contributed by atoms with Crippen molar-refractivity contribution in [3.8, 4) is 0 Å². The number of nitrogens with one attached hydrogen (secondary N) is 1. The van der Waals surface area contributed by atoms with E-state index in [1.165, 1.54) is 6.20 Å². The van der Waals surface area contributed by atoms with Crippen molar-refractivity contribution in [1.29, 1.82) is 0 Å². The van der Waals surface area contributed by atoms with Gasteiger partial charge in [-0.25, -0.2) is 8.42 Å². The summed E-state index contributed by atoms with van der Waals surface area (Å²) < 4.78 is 27.3. The maximum Gasteiger partial charge on any atom is 0.246 e. The number of hydrogen-bond donors (Lipinski definition) is 1. The quantitative estimate of drug-likeness (QED) is 0.761. The van der Waals surface area contributed by atoms with Crippen LogP contribution in [-0.4, -0.2) is 37.3 Å². The van der Waals surface area contributed by atoms with Gasteiger partial charge in [-0.15, -0.1) is 0 Å². The molecule has 0 saturated heterocycles. The Morgan fingerprint density at radius 2 is 1.90 bits per heavy atom. The van der Waals surface area contributed by atoms with Crippen LogP contribution in [0.3, 0.4) is 0 Å². The van der Waals surface area contributed by atoms with E-state index in [4.69, 9.17) is 0 Å². The van der Waals surface area contributed by atoms with Crippen molar-refractivity contribution >= 4 is 15.7 Å². The molecule has 120 valence electrons. The number of hydrogen-bond acceptors (Lipinski definition) is 4. The predicted molar refractivity (Wildman–Crippen MR) is 86.9 cm³/mol. The van der Waals surface area contributed by atoms with Gasteiger partial charge in [0.25, 0.3) is 0 Å². The number of pyridine rings is 1. The zero-order chi connectivity index (χ0) is 15.9. The summed E-state index contributed by atoms with van der Waals surface area (Å²) in [4.78, 5) is 4.25. The summed E-state index contributed by atoms with van der Waals surface area (Å²) >= 11 is 0. The Kier molecular flexibility index (Phi) is 7.11. The summed E-state index contributed by atoms with van der Waals surface area (Å²) in [6.07, 6.45) is 5.00. The molecule has 1 aromatic heterocycles. The molecule has 1 N–H and O–H groups in total. The Morgan fingerprint density at radius 1 is 1.24 bits per heavy atom. The highest BCUT2D eigenvalue weighted by atomic mass is 32.2. The minimum absolute atomic E-state index is 0.264. The van der Waals surface area contributed by atoms with Crippen LogP contribution < -0.4 is 5.32 Å². The first-order valence-electron chi connectivity index (χ1n) is 7.69. The molecule has 0 spiro atoms. The Hall–Kier alpha value is -1.14. The van der Waals surface area contributed by atoms with Gasteiger partial charge >= 0.3 is 0 Å².